The quantitative estimate of drug-likeness (QED) is 0.0267. The molecule has 0 bridgehead atoms. The van der Waals surface area contributed by atoms with Crippen molar-refractivity contribution in [3.63, 3.8) is 0 Å². The number of aliphatic hydroxyl groups is 1. The average molecular weight is 1330 g/mol. The van der Waals surface area contributed by atoms with E-state index < -0.39 is 28.6 Å². The summed E-state index contributed by atoms with van der Waals surface area (Å²) >= 11 is 4.58. The fourth-order valence-corrected chi connectivity index (χ4v) is 11.4. The van der Waals surface area contributed by atoms with Gasteiger partial charge in [0.15, 0.2) is 23.2 Å². The van der Waals surface area contributed by atoms with Crippen LogP contribution in [0.4, 0.5) is 0 Å². The van der Waals surface area contributed by atoms with E-state index in [1.54, 1.807) is 32.3 Å². The number of carbonyl (C=O) groups excluding carboxylic acids is 2. The van der Waals surface area contributed by atoms with Crippen LogP contribution in [0.1, 0.15) is 90.6 Å². The Bertz CT molecular complexity index is 2480. The number of hydrogen-bond donors (Lipinski definition) is 2. The van der Waals surface area contributed by atoms with Gasteiger partial charge in [-0.15, -0.1) is 0 Å². The number of hydrogen-bond acceptors (Lipinski definition) is 13. The van der Waals surface area contributed by atoms with Gasteiger partial charge in [-0.05, 0) is 161 Å². The van der Waals surface area contributed by atoms with Gasteiger partial charge in [-0.1, -0.05) is 110 Å². The summed E-state index contributed by atoms with van der Waals surface area (Å²) in [6.07, 6.45) is 4.52. The Labute approximate surface area is 489 Å². The first-order valence-corrected chi connectivity index (χ1v) is 33.9. The van der Waals surface area contributed by atoms with Crippen molar-refractivity contribution in [2.24, 2.45) is 5.92 Å². The molecule has 14 nitrogen and oxygen atoms in total. The van der Waals surface area contributed by atoms with Gasteiger partial charge in [0.05, 0.1) is 56.7 Å². The number of halogens is 2. The first-order chi connectivity index (χ1) is 35.6. The summed E-state index contributed by atoms with van der Waals surface area (Å²) < 4.78 is 41.5. The Morgan fingerprint density at radius 1 is 0.818 bits per heavy atom. The zero-order valence-corrected chi connectivity index (χ0v) is 53.7. The van der Waals surface area contributed by atoms with Crippen molar-refractivity contribution in [3.8, 4) is 17.2 Å². The molecule has 6 rings (SSSR count). The van der Waals surface area contributed by atoms with Crippen LogP contribution in [-0.4, -0.2) is 104 Å². The molecule has 77 heavy (non-hydrogen) atoms. The Kier molecular flexibility index (Phi) is 27.3. The number of esters is 2. The van der Waals surface area contributed by atoms with Gasteiger partial charge >= 0.3 is 11.9 Å². The molecule has 4 aromatic carbocycles. The Morgan fingerprint density at radius 2 is 1.36 bits per heavy atom. The molecule has 2 saturated heterocycles. The molecule has 0 radical (unpaired) electrons. The van der Waals surface area contributed by atoms with E-state index in [-0.39, 0.29) is 65.9 Å². The zero-order valence-electron chi connectivity index (χ0n) is 47.4. The van der Waals surface area contributed by atoms with Gasteiger partial charge in [-0.25, -0.2) is 4.79 Å². The van der Waals surface area contributed by atoms with Crippen LogP contribution >= 0.6 is 45.2 Å². The van der Waals surface area contributed by atoms with Crippen molar-refractivity contribution in [2.45, 2.75) is 156 Å². The van der Waals surface area contributed by atoms with Crippen molar-refractivity contribution < 1.29 is 57.1 Å². The lowest BCUT2D eigenvalue weighted by Gasteiger charge is -2.37. The third-order valence-corrected chi connectivity index (χ3v) is 25.4. The highest BCUT2D eigenvalue weighted by molar-refractivity contribution is 14.1. The Hall–Kier alpha value is -3.43. The number of ether oxygens (including phenoxy) is 5. The third kappa shape index (κ3) is 20.6. The van der Waals surface area contributed by atoms with Crippen molar-refractivity contribution >= 4 is 73.8 Å². The summed E-state index contributed by atoms with van der Waals surface area (Å²) in [5.41, 5.74) is 5.36. The fourth-order valence-electron chi connectivity index (χ4n) is 7.88. The van der Waals surface area contributed by atoms with Crippen LogP contribution in [-0.2, 0) is 65.3 Å². The first kappa shape index (κ1) is 67.8. The molecule has 0 spiro atoms. The zero-order chi connectivity index (χ0) is 56.6. The summed E-state index contributed by atoms with van der Waals surface area (Å²) in [6, 6.07) is 27.4. The lowest BCUT2D eigenvalue weighted by Crippen LogP contribution is -3.06. The molecular weight excluding hydrogens is 1240 g/mol. The second-order valence-electron chi connectivity index (χ2n) is 22.3. The van der Waals surface area contributed by atoms with E-state index in [1.165, 1.54) is 12.7 Å². The minimum atomic E-state index is -1.97. The number of hydroxylamine groups is 4. The van der Waals surface area contributed by atoms with E-state index in [9.17, 15) is 14.8 Å². The van der Waals surface area contributed by atoms with Gasteiger partial charge in [0.2, 0.25) is 0 Å². The summed E-state index contributed by atoms with van der Waals surface area (Å²) in [4.78, 5) is 30.6. The van der Waals surface area contributed by atoms with Crippen LogP contribution < -0.4 is 19.3 Å². The molecule has 2 aliphatic rings. The van der Waals surface area contributed by atoms with Crippen molar-refractivity contribution in [1.29, 1.82) is 0 Å². The number of carbonyl (C=O) groups is 2. The molecule has 2 fully saturated rings. The lowest BCUT2D eigenvalue weighted by molar-refractivity contribution is -0.854. The molecule has 428 valence electrons. The minimum absolute atomic E-state index is 0. The van der Waals surface area contributed by atoms with Crippen LogP contribution in [0.3, 0.4) is 0 Å². The van der Waals surface area contributed by atoms with E-state index >= 15 is 0 Å². The Morgan fingerprint density at radius 3 is 1.91 bits per heavy atom. The number of fused-ring (bicyclic) bond motifs is 1. The predicted molar refractivity (Wildman–Crippen MR) is 328 cm³/mol. The molecular formula is C59H88I2N2O12Si2. The Balaban J connectivity index is 0.000000337. The number of para-hydroxylation sites is 1. The van der Waals surface area contributed by atoms with E-state index in [0.29, 0.717) is 26.4 Å². The van der Waals surface area contributed by atoms with E-state index in [2.05, 4.69) is 130 Å². The molecule has 0 amide bonds. The minimum Gasteiger partial charge on any atom is -0.634 e. The number of rotatable bonds is 21. The second-order valence-corrected chi connectivity index (χ2v) is 34.2. The van der Waals surface area contributed by atoms with E-state index in [0.717, 1.165) is 59.5 Å². The molecule has 18 heteroatoms. The number of benzene rings is 4. The molecule has 2 aliphatic heterocycles. The maximum absolute atomic E-state index is 12.9. The summed E-state index contributed by atoms with van der Waals surface area (Å²) in [5.74, 6) is 1.63. The van der Waals surface area contributed by atoms with Crippen LogP contribution in [0.2, 0.25) is 36.3 Å². The number of nitrogens with one attached hydrogen (secondary N) is 1. The van der Waals surface area contributed by atoms with Crippen LogP contribution in [0, 0.1) is 18.3 Å². The van der Waals surface area contributed by atoms with Crippen LogP contribution in [0.5, 0.6) is 17.2 Å². The number of quaternary nitrogens is 1. The second kappa shape index (κ2) is 31.0. The van der Waals surface area contributed by atoms with Gasteiger partial charge in [-0.3, -0.25) is 9.63 Å². The summed E-state index contributed by atoms with van der Waals surface area (Å²) in [5, 5.41) is 23.1. The monoisotopic (exact) mass is 1330 g/mol. The molecule has 0 aliphatic carbocycles. The van der Waals surface area contributed by atoms with Crippen molar-refractivity contribution in [2.75, 3.05) is 41.1 Å². The van der Waals surface area contributed by atoms with Crippen molar-refractivity contribution in [3.05, 3.63) is 137 Å². The van der Waals surface area contributed by atoms with Gasteiger partial charge in [0.25, 0.3) is 0 Å². The SMILES string of the molecule is C.COC(=O)C[NH+]([O-])Cc1cccc(I)c1CCc1ccc(OC)cc1.COc1ccc(COc2c(I)cccc2CN2O[C@@H](CO[Si](C)(C)C(C)(C)C)[C@H]3[C@H](C)OC(=O)[C@H]32)cc1.C[C@H](O)/C=C\CO[Si](C)(C)C(C)(C)C. The summed E-state index contributed by atoms with van der Waals surface area (Å²) in [6.45, 7) is 27.9. The highest BCUT2D eigenvalue weighted by Gasteiger charge is 2.57. The normalized spacial score (nSPS) is 18.4. The van der Waals surface area contributed by atoms with Gasteiger partial charge in [-0.2, -0.15) is 5.06 Å². The van der Waals surface area contributed by atoms with Crippen molar-refractivity contribution in [1.82, 2.24) is 5.06 Å². The van der Waals surface area contributed by atoms with Crippen LogP contribution in [0.15, 0.2) is 97.1 Å². The smallest absolute Gasteiger partial charge is 0.361 e. The van der Waals surface area contributed by atoms with Gasteiger partial charge in [0.1, 0.15) is 48.6 Å². The highest BCUT2D eigenvalue weighted by atomic mass is 127. The fraction of sp³-hybridized carbons (Fsp3) is 0.525. The molecule has 4 aromatic rings. The number of aliphatic hydroxyl groups excluding tert-OH is 1. The molecule has 0 aromatic heterocycles. The maximum atomic E-state index is 12.9. The van der Waals surface area contributed by atoms with Gasteiger partial charge in [0, 0.05) is 14.7 Å². The molecule has 1 unspecified atom stereocenters. The third-order valence-electron chi connectivity index (χ3n) is 14.5. The van der Waals surface area contributed by atoms with E-state index in [4.69, 9.17) is 37.7 Å². The number of cyclic esters (lactones) is 1. The lowest BCUT2D eigenvalue weighted by atomic mass is 9.93. The molecule has 0 saturated carbocycles. The molecule has 2 heterocycles. The van der Waals surface area contributed by atoms with Gasteiger partial charge < -0.3 is 47.9 Å². The molecule has 2 N–H and O–H groups in total. The maximum Gasteiger partial charge on any atom is 0.361 e. The number of methoxy groups -OCH3 is 3. The average Bonchev–Trinajstić information content (AvgIpc) is 3.87. The molecule has 6 atom stereocenters. The number of nitrogens with zero attached hydrogens (tertiary/aromatic N) is 1. The largest absolute Gasteiger partial charge is 0.634 e. The number of aryl methyl sites for hydroxylation is 1. The highest BCUT2D eigenvalue weighted by Crippen LogP contribution is 2.42. The first-order valence-electron chi connectivity index (χ1n) is 25.9. The van der Waals surface area contributed by atoms with E-state index in [1.807, 2.05) is 85.8 Å². The van der Waals surface area contributed by atoms with Crippen LogP contribution in [0.25, 0.3) is 0 Å². The standard InChI is InChI=1S/C28H38INO6Si.C19H22INO4.C11H24O2Si.CH4/c1-18-24-23(17-34-37(6,7)28(2,3)4)36-30(25(24)27(31)35-18)15-20-9-8-10-22(29)26(20)33-16-19-11-13-21(32-5)14-12-19;1-24-16-9-6-14(7-10-16)8-11-17-15(4-3-5-18(17)20)12-21(23)13-19(22)25-2;1-10(12)8-7-9-13-14(5,6)11(2,3)4;/h8-14,18,23-25H,15-17H2,1-7H3;3-7,9-10,21H,8,11-13H2,1-2H3;7-8,10,12H,9H2,1-6H3;1H4/b;;8-7-;/t18-,23-,24+,25-;;10-;/m0.0./s1. The topological polar surface area (TPSA) is 159 Å². The predicted octanol–water partition coefficient (Wildman–Crippen LogP) is 11.7. The summed E-state index contributed by atoms with van der Waals surface area (Å²) in [7, 11) is 1.02.